The van der Waals surface area contributed by atoms with Gasteiger partial charge in [-0.25, -0.2) is 0 Å². The van der Waals surface area contributed by atoms with Gasteiger partial charge in [0.25, 0.3) is 0 Å². The molecule has 0 bridgehead atoms. The molecule has 10 aromatic carbocycles. The molecule has 64 heavy (non-hydrogen) atoms. The van der Waals surface area contributed by atoms with E-state index in [0.29, 0.717) is 0 Å². The number of hydrogen-bond acceptors (Lipinski definition) is 2. The van der Waals surface area contributed by atoms with Gasteiger partial charge in [-0.1, -0.05) is 212 Å². The van der Waals surface area contributed by atoms with E-state index >= 15 is 0 Å². The lowest BCUT2D eigenvalue weighted by Gasteiger charge is -2.26. The smallest absolute Gasteiger partial charge is 0.136 e. The molecule has 0 radical (unpaired) electrons. The van der Waals surface area contributed by atoms with Crippen LogP contribution in [0.15, 0.2) is 265 Å². The van der Waals surface area contributed by atoms with Crippen LogP contribution in [-0.4, -0.2) is 0 Å². The highest BCUT2D eigenvalue weighted by atomic mass is 16.3. The van der Waals surface area contributed by atoms with E-state index in [9.17, 15) is 0 Å². The zero-order chi connectivity index (χ0) is 42.7. The van der Waals surface area contributed by atoms with Gasteiger partial charge >= 0.3 is 0 Å². The molecule has 2 nitrogen and oxygen atoms in total. The Balaban J connectivity index is 0.982. The van der Waals surface area contributed by atoms with Crippen LogP contribution in [0.25, 0.3) is 89.1 Å². The summed E-state index contributed by atoms with van der Waals surface area (Å²) in [6.45, 7) is 0. The fourth-order valence-electron chi connectivity index (χ4n) is 9.04. The maximum absolute atomic E-state index is 6.36. The molecule has 302 valence electrons. The molecule has 0 N–H and O–H groups in total. The van der Waals surface area contributed by atoms with Gasteiger partial charge in [0.05, 0.1) is 0 Å². The van der Waals surface area contributed by atoms with Crippen LogP contribution in [0.3, 0.4) is 0 Å². The van der Waals surface area contributed by atoms with Crippen LogP contribution >= 0.6 is 0 Å². The Hall–Kier alpha value is -8.46. The van der Waals surface area contributed by atoms with Crippen molar-refractivity contribution >= 4 is 28.0 Å². The maximum Gasteiger partial charge on any atom is 0.136 e. The van der Waals surface area contributed by atoms with Gasteiger partial charge < -0.3 is 9.32 Å². The molecular formula is C62H43NO. The summed E-state index contributed by atoms with van der Waals surface area (Å²) < 4.78 is 6.36. The van der Waals surface area contributed by atoms with E-state index in [1.807, 2.05) is 18.2 Å². The van der Waals surface area contributed by atoms with Crippen molar-refractivity contribution in [2.45, 2.75) is 0 Å². The van der Waals surface area contributed by atoms with Crippen molar-refractivity contribution in [3.8, 4) is 78.1 Å². The van der Waals surface area contributed by atoms with Gasteiger partial charge in [-0.2, -0.15) is 0 Å². The zero-order valence-electron chi connectivity index (χ0n) is 35.2. The summed E-state index contributed by atoms with van der Waals surface area (Å²) in [5, 5.41) is 1.10. The highest BCUT2D eigenvalue weighted by Crippen LogP contribution is 2.43. The Labute approximate surface area is 374 Å². The molecule has 1 aromatic heterocycles. The number of benzene rings is 10. The van der Waals surface area contributed by atoms with Crippen molar-refractivity contribution in [3.63, 3.8) is 0 Å². The third kappa shape index (κ3) is 7.48. The van der Waals surface area contributed by atoms with Crippen molar-refractivity contribution in [1.29, 1.82) is 0 Å². The van der Waals surface area contributed by atoms with E-state index in [2.05, 4.69) is 248 Å². The standard InChI is InChI=1S/C62H43NO/c1-3-17-44(18-4-1)53-22-8-9-23-54(53)46-31-37-50(38-32-46)63(52-41-35-48(36-42-52)57-26-12-15-29-60(57)62-43-49-21-7-16-30-61(49)64-62)51-39-33-47(34-40-51)56-25-11-14-28-59(56)58-27-13-10-24-55(58)45-19-5-2-6-20-45/h1-43H. The minimum atomic E-state index is 0.863. The molecule has 0 spiro atoms. The molecule has 2 heteroatoms. The van der Waals surface area contributed by atoms with Crippen molar-refractivity contribution < 1.29 is 4.42 Å². The molecule has 0 atom stereocenters. The third-order valence-corrected chi connectivity index (χ3v) is 12.2. The second-order valence-electron chi connectivity index (χ2n) is 16.0. The summed E-state index contributed by atoms with van der Waals surface area (Å²) in [6.07, 6.45) is 0. The van der Waals surface area contributed by atoms with Crippen LogP contribution < -0.4 is 4.90 Å². The lowest BCUT2D eigenvalue weighted by Crippen LogP contribution is -2.09. The first-order valence-corrected chi connectivity index (χ1v) is 21.8. The summed E-state index contributed by atoms with van der Waals surface area (Å²) >= 11 is 0. The molecule has 0 aliphatic rings. The average Bonchev–Trinajstić information content (AvgIpc) is 3.82. The first-order chi connectivity index (χ1) is 31.7. The zero-order valence-corrected chi connectivity index (χ0v) is 35.2. The predicted octanol–water partition coefficient (Wildman–Crippen LogP) is 17.6. The molecule has 0 amide bonds. The van der Waals surface area contributed by atoms with Crippen LogP contribution in [0.4, 0.5) is 17.1 Å². The highest BCUT2D eigenvalue weighted by Gasteiger charge is 2.18. The molecule has 0 fully saturated rings. The molecule has 11 aromatic rings. The van der Waals surface area contributed by atoms with E-state index in [0.717, 1.165) is 56.0 Å². The minimum absolute atomic E-state index is 0.863. The fourth-order valence-corrected chi connectivity index (χ4v) is 9.04. The van der Waals surface area contributed by atoms with Crippen LogP contribution in [0, 0.1) is 0 Å². The normalized spacial score (nSPS) is 11.1. The summed E-state index contributed by atoms with van der Waals surface area (Å²) in [5.74, 6) is 0.863. The highest BCUT2D eigenvalue weighted by molar-refractivity contribution is 5.93. The maximum atomic E-state index is 6.36. The lowest BCUT2D eigenvalue weighted by atomic mass is 9.89. The van der Waals surface area contributed by atoms with E-state index < -0.39 is 0 Å². The number of nitrogens with zero attached hydrogens (tertiary/aromatic N) is 1. The second kappa shape index (κ2) is 17.1. The second-order valence-corrected chi connectivity index (χ2v) is 16.0. The summed E-state index contributed by atoms with van der Waals surface area (Å²) in [5.41, 5.74) is 19.4. The van der Waals surface area contributed by atoms with Gasteiger partial charge in [-0.15, -0.1) is 0 Å². The Morgan fingerprint density at radius 1 is 0.234 bits per heavy atom. The van der Waals surface area contributed by atoms with E-state index in [1.54, 1.807) is 0 Å². The largest absolute Gasteiger partial charge is 0.456 e. The number of rotatable bonds is 10. The lowest BCUT2D eigenvalue weighted by molar-refractivity contribution is 0.632. The number of anilines is 3. The van der Waals surface area contributed by atoms with Crippen LogP contribution in [0.2, 0.25) is 0 Å². The molecular weight excluding hydrogens is 775 g/mol. The van der Waals surface area contributed by atoms with Gasteiger partial charge in [0.15, 0.2) is 0 Å². The molecule has 11 rings (SSSR count). The SMILES string of the molecule is c1ccc(-c2ccccc2-c2ccc(N(c3ccc(-c4ccccc4-c4cc5ccccc5o4)cc3)c3ccc(-c4ccccc4-c4ccccc4-c4ccccc4)cc3)cc2)cc1. The van der Waals surface area contributed by atoms with Crippen LogP contribution in [0.1, 0.15) is 0 Å². The Kier molecular flexibility index (Phi) is 10.3. The first-order valence-electron chi connectivity index (χ1n) is 21.8. The summed E-state index contributed by atoms with van der Waals surface area (Å²) in [4.78, 5) is 2.35. The quantitative estimate of drug-likeness (QED) is 0.137. The van der Waals surface area contributed by atoms with E-state index in [1.165, 1.54) is 50.1 Å². The van der Waals surface area contributed by atoms with Crippen LogP contribution in [-0.2, 0) is 0 Å². The summed E-state index contributed by atoms with van der Waals surface area (Å²) in [6, 6.07) is 93.1. The van der Waals surface area contributed by atoms with Gasteiger partial charge in [-0.3, -0.25) is 0 Å². The van der Waals surface area contributed by atoms with Gasteiger partial charge in [0.2, 0.25) is 0 Å². The third-order valence-electron chi connectivity index (χ3n) is 12.2. The van der Waals surface area contributed by atoms with E-state index in [4.69, 9.17) is 4.42 Å². The molecule has 0 aliphatic heterocycles. The first kappa shape index (κ1) is 38.5. The van der Waals surface area contributed by atoms with Crippen molar-refractivity contribution in [2.24, 2.45) is 0 Å². The van der Waals surface area contributed by atoms with Crippen molar-refractivity contribution in [3.05, 3.63) is 261 Å². The Morgan fingerprint density at radius 2 is 0.531 bits per heavy atom. The monoisotopic (exact) mass is 817 g/mol. The van der Waals surface area contributed by atoms with E-state index in [-0.39, 0.29) is 0 Å². The number of para-hydroxylation sites is 1. The van der Waals surface area contributed by atoms with Crippen LogP contribution in [0.5, 0.6) is 0 Å². The fraction of sp³-hybridized carbons (Fsp3) is 0. The predicted molar refractivity (Wildman–Crippen MR) is 269 cm³/mol. The molecule has 0 saturated heterocycles. The number of fused-ring (bicyclic) bond motifs is 1. The Bertz CT molecular complexity index is 3320. The number of hydrogen-bond donors (Lipinski definition) is 0. The van der Waals surface area contributed by atoms with Gasteiger partial charge in [0.1, 0.15) is 11.3 Å². The molecule has 1 heterocycles. The van der Waals surface area contributed by atoms with Gasteiger partial charge in [0, 0.05) is 28.0 Å². The summed E-state index contributed by atoms with van der Waals surface area (Å²) in [7, 11) is 0. The van der Waals surface area contributed by atoms with Crippen molar-refractivity contribution in [1.82, 2.24) is 0 Å². The average molecular weight is 818 g/mol. The minimum Gasteiger partial charge on any atom is -0.456 e. The molecule has 0 saturated carbocycles. The van der Waals surface area contributed by atoms with Crippen molar-refractivity contribution in [2.75, 3.05) is 4.90 Å². The molecule has 0 aliphatic carbocycles. The number of furan rings is 1. The van der Waals surface area contributed by atoms with Gasteiger partial charge in [-0.05, 0) is 115 Å². The topological polar surface area (TPSA) is 16.4 Å². The Morgan fingerprint density at radius 3 is 0.938 bits per heavy atom. The molecule has 0 unspecified atom stereocenters.